The molecular weight excluding hydrogens is 302 g/mol. The molecule has 0 aliphatic heterocycles. The number of rotatable bonds is 6. The molecule has 1 N–H and O–H groups in total. The van der Waals surface area contributed by atoms with Gasteiger partial charge in [0.25, 0.3) is 0 Å². The number of hydrogen-bond donors (Lipinski definition) is 1. The van der Waals surface area contributed by atoms with Gasteiger partial charge in [0, 0.05) is 29.1 Å². The van der Waals surface area contributed by atoms with Crippen molar-refractivity contribution >= 4 is 15.9 Å². The lowest BCUT2D eigenvalue weighted by molar-refractivity contribution is 0.536. The molecule has 2 aromatic heterocycles. The largest absolute Gasteiger partial charge is 0.348 e. The Morgan fingerprint density at radius 3 is 2.79 bits per heavy atom. The van der Waals surface area contributed by atoms with Crippen LogP contribution >= 0.6 is 15.9 Å². The first kappa shape index (κ1) is 14.3. The van der Waals surface area contributed by atoms with Crippen LogP contribution in [0.2, 0.25) is 0 Å². The van der Waals surface area contributed by atoms with Crippen LogP contribution in [0.4, 0.5) is 0 Å². The van der Waals surface area contributed by atoms with Gasteiger partial charge >= 0.3 is 0 Å². The summed E-state index contributed by atoms with van der Waals surface area (Å²) in [5, 5.41) is 3.50. The molecule has 0 aliphatic carbocycles. The molecule has 2 rings (SSSR count). The van der Waals surface area contributed by atoms with Gasteiger partial charge in [-0.15, -0.1) is 0 Å². The molecule has 0 aromatic carbocycles. The van der Waals surface area contributed by atoms with E-state index < -0.39 is 0 Å². The van der Waals surface area contributed by atoms with Crippen LogP contribution in [0.1, 0.15) is 37.6 Å². The first-order valence-electron chi connectivity index (χ1n) is 6.72. The van der Waals surface area contributed by atoms with Crippen molar-refractivity contribution in [2.45, 2.75) is 32.9 Å². The number of nitrogens with zero attached hydrogens (tertiary/aromatic N) is 2. The molecule has 1 unspecified atom stereocenters. The van der Waals surface area contributed by atoms with Crippen molar-refractivity contribution < 1.29 is 0 Å². The summed E-state index contributed by atoms with van der Waals surface area (Å²) >= 11 is 3.40. The predicted molar refractivity (Wildman–Crippen MR) is 82.2 cm³/mol. The maximum atomic E-state index is 4.40. The molecule has 2 aromatic rings. The Balaban J connectivity index is 2.06. The Labute approximate surface area is 123 Å². The monoisotopic (exact) mass is 321 g/mol. The lowest BCUT2D eigenvalue weighted by Crippen LogP contribution is -2.19. The van der Waals surface area contributed by atoms with E-state index in [2.05, 4.69) is 63.1 Å². The van der Waals surface area contributed by atoms with Crippen LogP contribution in [-0.2, 0) is 6.54 Å². The molecule has 102 valence electrons. The van der Waals surface area contributed by atoms with E-state index in [1.54, 1.807) is 0 Å². The van der Waals surface area contributed by atoms with Gasteiger partial charge in [0.05, 0.1) is 12.2 Å². The molecule has 2 heterocycles. The second-order valence-electron chi connectivity index (χ2n) is 4.60. The van der Waals surface area contributed by atoms with Crippen LogP contribution in [-0.4, -0.2) is 16.1 Å². The van der Waals surface area contributed by atoms with Gasteiger partial charge in [-0.3, -0.25) is 4.98 Å². The Bertz CT molecular complexity index is 504. The van der Waals surface area contributed by atoms with Gasteiger partial charge in [-0.25, -0.2) is 0 Å². The summed E-state index contributed by atoms with van der Waals surface area (Å²) in [6.45, 7) is 6.17. The van der Waals surface area contributed by atoms with Crippen LogP contribution in [0.3, 0.4) is 0 Å². The van der Waals surface area contributed by atoms with E-state index >= 15 is 0 Å². The second-order valence-corrected chi connectivity index (χ2v) is 5.52. The summed E-state index contributed by atoms with van der Waals surface area (Å²) in [6, 6.07) is 6.71. The van der Waals surface area contributed by atoms with E-state index in [0.29, 0.717) is 6.04 Å². The average Bonchev–Trinajstić information content (AvgIpc) is 2.87. The van der Waals surface area contributed by atoms with Crippen molar-refractivity contribution in [3.05, 3.63) is 52.5 Å². The molecule has 1 atom stereocenters. The fourth-order valence-electron chi connectivity index (χ4n) is 2.20. The van der Waals surface area contributed by atoms with Crippen molar-refractivity contribution in [3.8, 4) is 0 Å². The minimum absolute atomic E-state index is 0.448. The molecule has 0 bridgehead atoms. The van der Waals surface area contributed by atoms with Crippen LogP contribution in [0.5, 0.6) is 0 Å². The number of hydrogen-bond acceptors (Lipinski definition) is 2. The van der Waals surface area contributed by atoms with E-state index in [9.17, 15) is 0 Å². The Morgan fingerprint density at radius 2 is 2.16 bits per heavy atom. The summed E-state index contributed by atoms with van der Waals surface area (Å²) in [4.78, 5) is 4.40. The minimum Gasteiger partial charge on any atom is -0.348 e. The molecule has 0 saturated heterocycles. The summed E-state index contributed by atoms with van der Waals surface area (Å²) in [5.74, 6) is 0. The summed E-state index contributed by atoms with van der Waals surface area (Å²) < 4.78 is 3.20. The van der Waals surface area contributed by atoms with Gasteiger partial charge in [0.1, 0.15) is 0 Å². The van der Waals surface area contributed by atoms with Crippen molar-refractivity contribution in [2.75, 3.05) is 6.54 Å². The van der Waals surface area contributed by atoms with Crippen molar-refractivity contribution in [2.24, 2.45) is 0 Å². The highest BCUT2D eigenvalue weighted by molar-refractivity contribution is 9.10. The number of pyridine rings is 1. The zero-order valence-corrected chi connectivity index (χ0v) is 13.0. The fourth-order valence-corrected chi connectivity index (χ4v) is 2.43. The van der Waals surface area contributed by atoms with Crippen molar-refractivity contribution in [3.63, 3.8) is 0 Å². The first-order chi connectivity index (χ1) is 9.22. The number of halogens is 1. The summed E-state index contributed by atoms with van der Waals surface area (Å²) in [5.41, 5.74) is 2.42. The molecule has 0 amide bonds. The summed E-state index contributed by atoms with van der Waals surface area (Å²) in [6.07, 6.45) is 7.28. The maximum absolute atomic E-state index is 4.40. The lowest BCUT2D eigenvalue weighted by Gasteiger charge is -2.13. The van der Waals surface area contributed by atoms with Crippen molar-refractivity contribution in [1.29, 1.82) is 0 Å². The predicted octanol–water partition coefficient (Wildman–Crippen LogP) is 3.75. The van der Waals surface area contributed by atoms with Gasteiger partial charge in [0.15, 0.2) is 0 Å². The summed E-state index contributed by atoms with van der Waals surface area (Å²) in [7, 11) is 0. The number of nitrogens with one attached hydrogen (secondary N) is 1. The quantitative estimate of drug-likeness (QED) is 0.878. The van der Waals surface area contributed by atoms with E-state index in [1.807, 2.05) is 18.3 Å². The van der Waals surface area contributed by atoms with Gasteiger partial charge in [-0.1, -0.05) is 13.8 Å². The molecular formula is C15H20BrN3. The Hall–Kier alpha value is -1.13. The highest BCUT2D eigenvalue weighted by atomic mass is 79.9. The van der Waals surface area contributed by atoms with Gasteiger partial charge in [-0.05, 0) is 52.7 Å². The van der Waals surface area contributed by atoms with Crippen molar-refractivity contribution in [1.82, 2.24) is 14.9 Å². The minimum atomic E-state index is 0.448. The van der Waals surface area contributed by atoms with E-state index in [0.717, 1.165) is 29.7 Å². The topological polar surface area (TPSA) is 29.9 Å². The van der Waals surface area contributed by atoms with Gasteiger partial charge in [-0.2, -0.15) is 0 Å². The third-order valence-corrected chi connectivity index (χ3v) is 3.64. The third kappa shape index (κ3) is 3.91. The third-order valence-electron chi connectivity index (χ3n) is 3.17. The van der Waals surface area contributed by atoms with E-state index in [4.69, 9.17) is 0 Å². The van der Waals surface area contributed by atoms with Crippen LogP contribution in [0.25, 0.3) is 0 Å². The highest BCUT2D eigenvalue weighted by Gasteiger charge is 2.09. The zero-order chi connectivity index (χ0) is 13.7. The van der Waals surface area contributed by atoms with Crippen LogP contribution < -0.4 is 5.32 Å². The molecule has 0 aliphatic rings. The first-order valence-corrected chi connectivity index (χ1v) is 7.51. The fraction of sp³-hybridized carbons (Fsp3) is 0.400. The van der Waals surface area contributed by atoms with E-state index in [1.165, 1.54) is 5.56 Å². The van der Waals surface area contributed by atoms with Gasteiger partial charge in [0.2, 0.25) is 0 Å². The zero-order valence-electron chi connectivity index (χ0n) is 11.4. The van der Waals surface area contributed by atoms with Gasteiger partial charge < -0.3 is 9.88 Å². The standard InChI is InChI=1S/C15H20BrN3/c1-3-15(17-4-2)12-7-8-19(10-12)11-14-6-5-13(16)9-18-14/h5-10,15,17H,3-4,11H2,1-2H3. The Kier molecular flexibility index (Phi) is 5.16. The molecule has 0 radical (unpaired) electrons. The highest BCUT2D eigenvalue weighted by Crippen LogP contribution is 2.17. The molecule has 0 fully saturated rings. The maximum Gasteiger partial charge on any atom is 0.0642 e. The Morgan fingerprint density at radius 1 is 1.32 bits per heavy atom. The van der Waals surface area contributed by atoms with Crippen LogP contribution in [0.15, 0.2) is 41.3 Å². The average molecular weight is 322 g/mol. The normalized spacial score (nSPS) is 12.6. The lowest BCUT2D eigenvalue weighted by atomic mass is 10.1. The smallest absolute Gasteiger partial charge is 0.0642 e. The molecule has 0 saturated carbocycles. The second kappa shape index (κ2) is 6.87. The molecule has 4 heteroatoms. The van der Waals surface area contributed by atoms with E-state index in [-0.39, 0.29) is 0 Å². The number of aromatic nitrogens is 2. The molecule has 3 nitrogen and oxygen atoms in total. The molecule has 0 spiro atoms. The van der Waals surface area contributed by atoms with Crippen LogP contribution in [0, 0.1) is 0 Å². The molecule has 19 heavy (non-hydrogen) atoms. The SMILES string of the molecule is CCNC(CC)c1ccn(Cc2ccc(Br)cn2)c1.